The second kappa shape index (κ2) is 11.0. The van der Waals surface area contributed by atoms with Gasteiger partial charge >= 0.3 is 6.09 Å². The molecule has 0 heterocycles. The van der Waals surface area contributed by atoms with Crippen LogP contribution in [0.2, 0.25) is 0 Å². The summed E-state index contributed by atoms with van der Waals surface area (Å²) in [5, 5.41) is 8.84. The second-order valence-electron chi connectivity index (χ2n) is 7.02. The molecule has 0 bridgehead atoms. The highest BCUT2D eigenvalue weighted by Crippen LogP contribution is 2.25. The van der Waals surface area contributed by atoms with E-state index in [0.717, 1.165) is 25.7 Å². The van der Waals surface area contributed by atoms with Crippen LogP contribution in [0.1, 0.15) is 32.1 Å². The fraction of sp³-hybridized carbons (Fsp3) is 0.600. The number of amides is 2. The lowest BCUT2D eigenvalue weighted by Gasteiger charge is -2.34. The van der Waals surface area contributed by atoms with Gasteiger partial charge in [-0.05, 0) is 49.9 Å². The Bertz CT molecular complexity index is 632. The van der Waals surface area contributed by atoms with Gasteiger partial charge in [0.05, 0.1) is 25.7 Å². The van der Waals surface area contributed by atoms with E-state index in [1.54, 1.807) is 19.0 Å². The normalized spacial score (nSPS) is 19.1. The van der Waals surface area contributed by atoms with Gasteiger partial charge in [-0.3, -0.25) is 4.79 Å². The van der Waals surface area contributed by atoms with Crippen LogP contribution in [0.5, 0.6) is 5.75 Å². The number of aliphatic hydroxyl groups excluding tert-OH is 1. The number of hydrogen-bond acceptors (Lipinski definition) is 5. The first-order chi connectivity index (χ1) is 13.4. The third-order valence-electron chi connectivity index (χ3n) is 5.03. The van der Waals surface area contributed by atoms with E-state index in [0.29, 0.717) is 25.3 Å². The van der Waals surface area contributed by atoms with Gasteiger partial charge < -0.3 is 24.4 Å². The molecule has 1 aromatic rings. The SMILES string of the molecule is CN(CCO)C(=O)CCOC1CCC(N(C)C(=O)Oc2ccc(F)cc2)CC1. The first-order valence-electron chi connectivity index (χ1n) is 9.57. The molecule has 0 aliphatic heterocycles. The number of benzene rings is 1. The van der Waals surface area contributed by atoms with Crippen LogP contribution in [0.4, 0.5) is 9.18 Å². The van der Waals surface area contributed by atoms with Crippen LogP contribution in [0.15, 0.2) is 24.3 Å². The summed E-state index contributed by atoms with van der Waals surface area (Å²) in [6.45, 7) is 0.626. The summed E-state index contributed by atoms with van der Waals surface area (Å²) < 4.78 is 24.0. The summed E-state index contributed by atoms with van der Waals surface area (Å²) in [6.07, 6.45) is 3.09. The highest BCUT2D eigenvalue weighted by atomic mass is 19.1. The largest absolute Gasteiger partial charge is 0.415 e. The number of rotatable bonds is 8. The molecule has 0 saturated heterocycles. The molecule has 2 rings (SSSR count). The van der Waals surface area contributed by atoms with Crippen molar-refractivity contribution in [2.75, 3.05) is 33.9 Å². The quantitative estimate of drug-likeness (QED) is 0.730. The van der Waals surface area contributed by atoms with Crippen molar-refractivity contribution in [1.82, 2.24) is 9.80 Å². The van der Waals surface area contributed by atoms with Crippen LogP contribution in [-0.2, 0) is 9.53 Å². The highest BCUT2D eigenvalue weighted by Gasteiger charge is 2.28. The minimum Gasteiger partial charge on any atom is -0.410 e. The number of carbonyl (C=O) groups excluding carboxylic acids is 2. The van der Waals surface area contributed by atoms with E-state index >= 15 is 0 Å². The smallest absolute Gasteiger partial charge is 0.410 e. The minimum absolute atomic E-state index is 0.0500. The Labute approximate surface area is 165 Å². The van der Waals surface area contributed by atoms with E-state index in [4.69, 9.17) is 14.6 Å². The summed E-state index contributed by atoms with van der Waals surface area (Å²) in [5.41, 5.74) is 0. The molecule has 1 aliphatic carbocycles. The van der Waals surface area contributed by atoms with Crippen molar-refractivity contribution in [1.29, 1.82) is 0 Å². The number of hydrogen-bond donors (Lipinski definition) is 1. The number of ether oxygens (including phenoxy) is 2. The standard InChI is InChI=1S/C20H29FN2O5/c1-22(12-13-24)19(25)11-14-27-17-9-5-16(6-10-17)23(2)20(26)28-18-7-3-15(21)4-8-18/h3-4,7-8,16-17,24H,5-6,9-14H2,1-2H3. The molecule has 0 spiro atoms. The van der Waals surface area contributed by atoms with Crippen molar-refractivity contribution < 1.29 is 28.6 Å². The van der Waals surface area contributed by atoms with Gasteiger partial charge in [0, 0.05) is 26.7 Å². The molecule has 1 aliphatic rings. The first kappa shape index (κ1) is 22.1. The Kier molecular flexibility index (Phi) is 8.66. The molecule has 156 valence electrons. The van der Waals surface area contributed by atoms with E-state index in [9.17, 15) is 14.0 Å². The number of aliphatic hydroxyl groups is 1. The molecule has 2 amide bonds. The Hall–Kier alpha value is -2.19. The van der Waals surface area contributed by atoms with Gasteiger partial charge in [0.1, 0.15) is 11.6 Å². The maximum Gasteiger partial charge on any atom is 0.415 e. The summed E-state index contributed by atoms with van der Waals surface area (Å²) in [4.78, 5) is 27.1. The van der Waals surface area contributed by atoms with Crippen molar-refractivity contribution in [2.45, 2.75) is 44.2 Å². The molecule has 1 N–H and O–H groups in total. The van der Waals surface area contributed by atoms with Crippen LogP contribution in [0, 0.1) is 5.82 Å². The second-order valence-corrected chi connectivity index (χ2v) is 7.02. The zero-order valence-electron chi connectivity index (χ0n) is 16.5. The van der Waals surface area contributed by atoms with Gasteiger partial charge in [0.2, 0.25) is 5.91 Å². The van der Waals surface area contributed by atoms with Crippen molar-refractivity contribution >= 4 is 12.0 Å². The monoisotopic (exact) mass is 396 g/mol. The molecule has 0 atom stereocenters. The van der Waals surface area contributed by atoms with Crippen molar-refractivity contribution in [3.63, 3.8) is 0 Å². The summed E-state index contributed by atoms with van der Waals surface area (Å²) >= 11 is 0. The molecule has 1 saturated carbocycles. The average molecular weight is 396 g/mol. The highest BCUT2D eigenvalue weighted by molar-refractivity contribution is 5.75. The van der Waals surface area contributed by atoms with E-state index in [1.165, 1.54) is 29.2 Å². The van der Waals surface area contributed by atoms with Gasteiger partial charge in [-0.1, -0.05) is 0 Å². The van der Waals surface area contributed by atoms with E-state index < -0.39 is 6.09 Å². The minimum atomic E-state index is -0.464. The lowest BCUT2D eigenvalue weighted by atomic mass is 9.92. The Morgan fingerprint density at radius 2 is 1.79 bits per heavy atom. The average Bonchev–Trinajstić information content (AvgIpc) is 2.69. The first-order valence-corrected chi connectivity index (χ1v) is 9.57. The Balaban J connectivity index is 1.68. The molecule has 0 unspecified atom stereocenters. The Morgan fingerprint density at radius 3 is 2.39 bits per heavy atom. The fourth-order valence-electron chi connectivity index (χ4n) is 3.20. The van der Waals surface area contributed by atoms with Crippen molar-refractivity contribution in [3.05, 3.63) is 30.1 Å². The van der Waals surface area contributed by atoms with E-state index in [2.05, 4.69) is 0 Å². The third-order valence-corrected chi connectivity index (χ3v) is 5.03. The predicted octanol–water partition coefficient (Wildman–Crippen LogP) is 2.42. The number of nitrogens with zero attached hydrogens (tertiary/aromatic N) is 2. The van der Waals surface area contributed by atoms with Crippen molar-refractivity contribution in [3.8, 4) is 5.75 Å². The van der Waals surface area contributed by atoms with Crippen LogP contribution in [-0.4, -0.2) is 72.9 Å². The molecule has 1 aromatic carbocycles. The molecule has 1 fully saturated rings. The predicted molar refractivity (Wildman–Crippen MR) is 102 cm³/mol. The van der Waals surface area contributed by atoms with E-state index in [-0.39, 0.29) is 30.5 Å². The van der Waals surface area contributed by atoms with Gasteiger partial charge in [-0.25, -0.2) is 9.18 Å². The van der Waals surface area contributed by atoms with Gasteiger partial charge in [0.25, 0.3) is 0 Å². The third kappa shape index (κ3) is 6.76. The summed E-state index contributed by atoms with van der Waals surface area (Å²) in [6, 6.07) is 5.40. The van der Waals surface area contributed by atoms with Crippen molar-refractivity contribution in [2.24, 2.45) is 0 Å². The Morgan fingerprint density at radius 1 is 1.14 bits per heavy atom. The zero-order chi connectivity index (χ0) is 20.5. The topological polar surface area (TPSA) is 79.3 Å². The molecule has 28 heavy (non-hydrogen) atoms. The molecule has 7 nitrogen and oxygen atoms in total. The van der Waals surface area contributed by atoms with E-state index in [1.807, 2.05) is 0 Å². The van der Waals surface area contributed by atoms with Crippen LogP contribution in [0.25, 0.3) is 0 Å². The molecule has 8 heteroatoms. The van der Waals surface area contributed by atoms with Gasteiger partial charge in [-0.15, -0.1) is 0 Å². The molecular formula is C20H29FN2O5. The maximum atomic E-state index is 12.9. The lowest BCUT2D eigenvalue weighted by Crippen LogP contribution is -2.42. The maximum absolute atomic E-state index is 12.9. The molecular weight excluding hydrogens is 367 g/mol. The number of halogens is 1. The van der Waals surface area contributed by atoms with Crippen LogP contribution in [0.3, 0.4) is 0 Å². The van der Waals surface area contributed by atoms with Gasteiger partial charge in [0.15, 0.2) is 0 Å². The number of carbonyl (C=O) groups is 2. The summed E-state index contributed by atoms with van der Waals surface area (Å²) in [5.74, 6) is -0.120. The zero-order valence-corrected chi connectivity index (χ0v) is 16.5. The lowest BCUT2D eigenvalue weighted by molar-refractivity contribution is -0.132. The van der Waals surface area contributed by atoms with Crippen LogP contribution < -0.4 is 4.74 Å². The summed E-state index contributed by atoms with van der Waals surface area (Å²) in [7, 11) is 3.36. The number of likely N-dealkylation sites (N-methyl/N-ethyl adjacent to an activating group) is 1. The fourth-order valence-corrected chi connectivity index (χ4v) is 3.20. The van der Waals surface area contributed by atoms with Gasteiger partial charge in [-0.2, -0.15) is 0 Å². The van der Waals surface area contributed by atoms with Crippen LogP contribution >= 0.6 is 0 Å². The molecule has 0 aromatic heterocycles. The molecule has 0 radical (unpaired) electrons.